The van der Waals surface area contributed by atoms with Crippen LogP contribution >= 0.6 is 11.3 Å². The van der Waals surface area contributed by atoms with E-state index in [9.17, 15) is 4.79 Å². The molecule has 2 amide bonds. The standard InChI is InChI=1S/C26H40N8OS/c1-7-29-25(35)33-19(4)20-10-8-9-11-21(20)22(27)12-13-23(31-17-28-14-15-34(5)6)24-16-30-26(36-24)32-18(2)3/h8-11,13,16-19,27H,7,12,14-15H2,1-6H3,(H,28,31)(H,30,32)(H2,29,33,35)/t19-/m0/s1. The van der Waals surface area contributed by atoms with Crippen LogP contribution in [0.3, 0.4) is 0 Å². The molecule has 5 N–H and O–H groups in total. The third-order valence-electron chi connectivity index (χ3n) is 5.12. The van der Waals surface area contributed by atoms with E-state index in [-0.39, 0.29) is 18.1 Å². The average molecular weight is 513 g/mol. The lowest BCUT2D eigenvalue weighted by Gasteiger charge is -2.18. The van der Waals surface area contributed by atoms with E-state index in [4.69, 9.17) is 5.41 Å². The summed E-state index contributed by atoms with van der Waals surface area (Å²) in [6, 6.07) is 7.56. The van der Waals surface area contributed by atoms with Crippen LogP contribution in [0.4, 0.5) is 9.93 Å². The molecule has 1 aromatic heterocycles. The van der Waals surface area contributed by atoms with Crippen LogP contribution in [0.25, 0.3) is 5.70 Å². The molecule has 196 valence electrons. The van der Waals surface area contributed by atoms with Crippen molar-refractivity contribution < 1.29 is 4.79 Å². The number of hydrogen-bond donors (Lipinski definition) is 5. The smallest absolute Gasteiger partial charge is 0.315 e. The van der Waals surface area contributed by atoms with Crippen LogP contribution in [0.5, 0.6) is 0 Å². The first-order valence-electron chi connectivity index (χ1n) is 12.2. The molecule has 0 radical (unpaired) electrons. The van der Waals surface area contributed by atoms with Crippen molar-refractivity contribution in [3.05, 3.63) is 52.5 Å². The van der Waals surface area contributed by atoms with Gasteiger partial charge in [0.1, 0.15) is 0 Å². The Morgan fingerprint density at radius 1 is 1.25 bits per heavy atom. The van der Waals surface area contributed by atoms with Gasteiger partial charge in [-0.1, -0.05) is 41.7 Å². The highest BCUT2D eigenvalue weighted by molar-refractivity contribution is 7.16. The predicted octanol–water partition coefficient (Wildman–Crippen LogP) is 4.32. The largest absolute Gasteiger partial charge is 0.359 e. The Hall–Kier alpha value is -3.24. The number of likely N-dealkylation sites (N-methyl/N-ethyl adjacent to an activating group) is 1. The van der Waals surface area contributed by atoms with Gasteiger partial charge < -0.3 is 31.6 Å². The maximum atomic E-state index is 12.0. The lowest BCUT2D eigenvalue weighted by Crippen LogP contribution is -2.37. The summed E-state index contributed by atoms with van der Waals surface area (Å²) in [4.78, 5) is 24.0. The minimum absolute atomic E-state index is 0.220. The number of benzene rings is 1. The molecule has 0 aliphatic heterocycles. The highest BCUT2D eigenvalue weighted by Crippen LogP contribution is 2.25. The zero-order valence-corrected chi connectivity index (χ0v) is 23.0. The zero-order chi connectivity index (χ0) is 26.5. The Labute approximate surface area is 219 Å². The van der Waals surface area contributed by atoms with E-state index in [0.29, 0.717) is 25.2 Å². The van der Waals surface area contributed by atoms with Crippen LogP contribution in [0.15, 0.2) is 41.5 Å². The van der Waals surface area contributed by atoms with E-state index in [2.05, 4.69) is 50.0 Å². The van der Waals surface area contributed by atoms with Crippen LogP contribution in [0, 0.1) is 5.41 Å². The van der Waals surface area contributed by atoms with Gasteiger partial charge in [0.05, 0.1) is 29.5 Å². The molecule has 0 unspecified atom stereocenters. The number of rotatable bonds is 14. The molecule has 1 aromatic carbocycles. The third kappa shape index (κ3) is 9.79. The van der Waals surface area contributed by atoms with Crippen LogP contribution in [0.1, 0.15) is 56.2 Å². The summed E-state index contributed by atoms with van der Waals surface area (Å²) in [6.07, 6.45) is 5.94. The summed E-state index contributed by atoms with van der Waals surface area (Å²) in [5.74, 6) is 0. The van der Waals surface area contributed by atoms with Crippen LogP contribution < -0.4 is 21.3 Å². The molecule has 0 saturated heterocycles. The number of thiazole rings is 1. The van der Waals surface area contributed by atoms with E-state index in [1.807, 2.05) is 64.5 Å². The van der Waals surface area contributed by atoms with Crippen molar-refractivity contribution in [2.75, 3.05) is 39.0 Å². The number of nitrogens with one attached hydrogen (secondary N) is 5. The molecule has 0 aliphatic rings. The molecule has 0 aliphatic carbocycles. The molecular formula is C26H40N8OS. The molecule has 0 saturated carbocycles. The number of anilines is 1. The molecule has 2 aromatic rings. The highest BCUT2D eigenvalue weighted by atomic mass is 32.1. The second-order valence-corrected chi connectivity index (χ2v) is 9.96. The van der Waals surface area contributed by atoms with Crippen LogP contribution in [-0.2, 0) is 0 Å². The minimum atomic E-state index is -0.232. The van der Waals surface area contributed by atoms with Crippen molar-refractivity contribution in [2.45, 2.75) is 46.2 Å². The summed E-state index contributed by atoms with van der Waals surface area (Å²) in [6.45, 7) is 10.1. The van der Waals surface area contributed by atoms with E-state index < -0.39 is 0 Å². The van der Waals surface area contributed by atoms with Crippen LogP contribution in [-0.4, -0.2) is 67.7 Å². The molecule has 10 heteroatoms. The van der Waals surface area contributed by atoms with Crippen molar-refractivity contribution in [1.82, 2.24) is 25.8 Å². The average Bonchev–Trinajstić information content (AvgIpc) is 3.28. The fraction of sp³-hybridized carbons (Fsp3) is 0.462. The quantitative estimate of drug-likeness (QED) is 0.191. The minimum Gasteiger partial charge on any atom is -0.359 e. The molecule has 0 fully saturated rings. The van der Waals surface area contributed by atoms with Gasteiger partial charge in [-0.3, -0.25) is 4.99 Å². The number of urea groups is 1. The number of carbonyl (C=O) groups is 1. The first-order chi connectivity index (χ1) is 17.2. The van der Waals surface area contributed by atoms with E-state index in [0.717, 1.165) is 33.4 Å². The zero-order valence-electron chi connectivity index (χ0n) is 22.2. The maximum absolute atomic E-state index is 12.0. The van der Waals surface area contributed by atoms with Gasteiger partial charge >= 0.3 is 6.03 Å². The number of nitrogens with zero attached hydrogens (tertiary/aromatic N) is 3. The van der Waals surface area contributed by atoms with Gasteiger partial charge in [0.15, 0.2) is 5.13 Å². The van der Waals surface area contributed by atoms with E-state index >= 15 is 0 Å². The number of aliphatic imine (C=N–C) groups is 1. The summed E-state index contributed by atoms with van der Waals surface area (Å²) in [5, 5.41) is 22.0. The SMILES string of the molecule is CCNC(=O)N[C@@H](C)c1ccccc1C(=N)CC=C(NC=NCCN(C)C)c1cnc(NC(C)C)s1. The van der Waals surface area contributed by atoms with Gasteiger partial charge in [0.2, 0.25) is 0 Å². The highest BCUT2D eigenvalue weighted by Gasteiger charge is 2.15. The molecule has 0 bridgehead atoms. The summed E-state index contributed by atoms with van der Waals surface area (Å²) in [5.41, 5.74) is 3.03. The number of amides is 2. The number of aromatic nitrogens is 1. The number of hydrogen-bond acceptors (Lipinski definition) is 7. The van der Waals surface area contributed by atoms with Gasteiger partial charge in [-0.25, -0.2) is 9.78 Å². The second kappa shape index (κ2) is 15.0. The number of allylic oxidation sites excluding steroid dienone is 1. The Balaban J connectivity index is 2.22. The van der Waals surface area contributed by atoms with Gasteiger partial charge in [-0.15, -0.1) is 0 Å². The first-order valence-corrected chi connectivity index (χ1v) is 13.1. The molecule has 36 heavy (non-hydrogen) atoms. The monoisotopic (exact) mass is 512 g/mol. The van der Waals surface area contributed by atoms with Crippen molar-refractivity contribution in [3.63, 3.8) is 0 Å². The van der Waals surface area contributed by atoms with Crippen LogP contribution in [0.2, 0.25) is 0 Å². The molecule has 1 atom stereocenters. The molecule has 1 heterocycles. The fourth-order valence-corrected chi connectivity index (χ4v) is 4.30. The van der Waals surface area contributed by atoms with Gasteiger partial charge in [-0.2, -0.15) is 0 Å². The molecular weight excluding hydrogens is 472 g/mol. The first kappa shape index (κ1) is 29.0. The van der Waals surface area contributed by atoms with E-state index in [1.165, 1.54) is 0 Å². The van der Waals surface area contributed by atoms with Gasteiger partial charge in [-0.05, 0) is 47.4 Å². The van der Waals surface area contributed by atoms with Crippen molar-refractivity contribution >= 4 is 40.2 Å². The Morgan fingerprint density at radius 2 is 2.00 bits per heavy atom. The second-order valence-electron chi connectivity index (χ2n) is 8.92. The van der Waals surface area contributed by atoms with Crippen molar-refractivity contribution in [3.8, 4) is 0 Å². The lowest BCUT2D eigenvalue weighted by molar-refractivity contribution is 0.238. The Bertz CT molecular complexity index is 1040. The number of carbonyl (C=O) groups excluding carboxylic acids is 1. The van der Waals surface area contributed by atoms with Crippen molar-refractivity contribution in [2.24, 2.45) is 4.99 Å². The topological polar surface area (TPSA) is 118 Å². The summed E-state index contributed by atoms with van der Waals surface area (Å²) in [7, 11) is 4.04. The Kier molecular flexibility index (Phi) is 12.1. The van der Waals surface area contributed by atoms with Crippen molar-refractivity contribution in [1.29, 1.82) is 5.41 Å². The van der Waals surface area contributed by atoms with Gasteiger partial charge in [0, 0.05) is 43.0 Å². The van der Waals surface area contributed by atoms with E-state index in [1.54, 1.807) is 17.7 Å². The summed E-state index contributed by atoms with van der Waals surface area (Å²) < 4.78 is 0. The normalized spacial score (nSPS) is 12.7. The predicted molar refractivity (Wildman–Crippen MR) is 152 cm³/mol. The van der Waals surface area contributed by atoms with Gasteiger partial charge in [0.25, 0.3) is 0 Å². The maximum Gasteiger partial charge on any atom is 0.315 e. The molecule has 9 nitrogen and oxygen atoms in total. The Morgan fingerprint density at radius 3 is 2.69 bits per heavy atom. The third-order valence-corrected chi connectivity index (χ3v) is 6.08. The fourth-order valence-electron chi connectivity index (χ4n) is 3.33. The summed E-state index contributed by atoms with van der Waals surface area (Å²) >= 11 is 1.56. The lowest BCUT2D eigenvalue weighted by atomic mass is 9.96. The molecule has 0 spiro atoms. The molecule has 2 rings (SSSR count).